The van der Waals surface area contributed by atoms with Gasteiger partial charge in [0.2, 0.25) is 0 Å². The summed E-state index contributed by atoms with van der Waals surface area (Å²) in [6.07, 6.45) is 0. The molecular weight excluding hydrogens is 306 g/mol. The predicted octanol–water partition coefficient (Wildman–Crippen LogP) is 2.33. The van der Waals surface area contributed by atoms with Gasteiger partial charge in [-0.25, -0.2) is 4.68 Å². The molecule has 130 valence electrons. The summed E-state index contributed by atoms with van der Waals surface area (Å²) in [6, 6.07) is 9.17. The van der Waals surface area contributed by atoms with Crippen molar-refractivity contribution >= 4 is 5.91 Å². The molecule has 0 spiro atoms. The summed E-state index contributed by atoms with van der Waals surface area (Å²) < 4.78 is 6.85. The van der Waals surface area contributed by atoms with Gasteiger partial charge < -0.3 is 15.2 Å². The standard InChI is InChI=1S/C18H25N3O3/c1-12(2)18(4,23)11-19-17(22)16-10-13(3)21(20-16)14-6-8-15(24-5)9-7-14/h6-10,12,23H,11H2,1-5H3,(H,19,22). The van der Waals surface area contributed by atoms with Crippen LogP contribution in [0.1, 0.15) is 37.0 Å². The molecule has 1 heterocycles. The molecule has 24 heavy (non-hydrogen) atoms. The number of rotatable bonds is 6. The van der Waals surface area contributed by atoms with Gasteiger partial charge in [-0.05, 0) is 50.1 Å². The lowest BCUT2D eigenvalue weighted by molar-refractivity contribution is 0.0142. The Labute approximate surface area is 142 Å². The fourth-order valence-corrected chi connectivity index (χ4v) is 2.12. The Bertz CT molecular complexity index is 703. The van der Waals surface area contributed by atoms with Crippen LogP contribution in [0.15, 0.2) is 30.3 Å². The van der Waals surface area contributed by atoms with Crippen molar-refractivity contribution in [3.05, 3.63) is 41.7 Å². The number of aryl methyl sites for hydroxylation is 1. The number of carbonyl (C=O) groups is 1. The minimum absolute atomic E-state index is 0.0383. The first-order valence-electron chi connectivity index (χ1n) is 7.96. The molecule has 2 rings (SSSR count). The van der Waals surface area contributed by atoms with Crippen LogP contribution in [0.3, 0.4) is 0 Å². The molecule has 0 aliphatic heterocycles. The van der Waals surface area contributed by atoms with Gasteiger partial charge in [-0.3, -0.25) is 4.79 Å². The Morgan fingerprint density at radius 3 is 2.54 bits per heavy atom. The third-order valence-corrected chi connectivity index (χ3v) is 4.29. The van der Waals surface area contributed by atoms with Gasteiger partial charge in [-0.15, -0.1) is 0 Å². The van der Waals surface area contributed by atoms with E-state index in [1.54, 1.807) is 24.8 Å². The quantitative estimate of drug-likeness (QED) is 0.852. The molecule has 0 saturated carbocycles. The molecule has 0 fully saturated rings. The van der Waals surface area contributed by atoms with E-state index < -0.39 is 5.60 Å². The molecule has 2 aromatic rings. The first kappa shape index (κ1) is 18.0. The first-order chi connectivity index (χ1) is 11.2. The van der Waals surface area contributed by atoms with Crippen molar-refractivity contribution in [2.45, 2.75) is 33.3 Å². The second-order valence-electron chi connectivity index (χ2n) is 6.48. The van der Waals surface area contributed by atoms with Gasteiger partial charge in [0, 0.05) is 12.2 Å². The number of methoxy groups -OCH3 is 1. The van der Waals surface area contributed by atoms with Crippen LogP contribution in [0.25, 0.3) is 5.69 Å². The maximum absolute atomic E-state index is 12.3. The third kappa shape index (κ3) is 3.94. The van der Waals surface area contributed by atoms with Crippen molar-refractivity contribution in [2.75, 3.05) is 13.7 Å². The van der Waals surface area contributed by atoms with E-state index >= 15 is 0 Å². The van der Waals surface area contributed by atoms with E-state index in [-0.39, 0.29) is 18.4 Å². The maximum atomic E-state index is 12.3. The van der Waals surface area contributed by atoms with Gasteiger partial charge in [-0.2, -0.15) is 5.10 Å². The van der Waals surface area contributed by atoms with E-state index in [0.717, 1.165) is 17.1 Å². The summed E-state index contributed by atoms with van der Waals surface area (Å²) in [5.41, 5.74) is 1.06. The van der Waals surface area contributed by atoms with E-state index in [9.17, 15) is 9.90 Å². The number of benzene rings is 1. The highest BCUT2D eigenvalue weighted by Crippen LogP contribution is 2.17. The molecule has 6 heteroatoms. The molecule has 0 aliphatic rings. The molecule has 0 aliphatic carbocycles. The van der Waals surface area contributed by atoms with E-state index in [1.807, 2.05) is 45.0 Å². The van der Waals surface area contributed by atoms with Crippen molar-refractivity contribution in [1.82, 2.24) is 15.1 Å². The van der Waals surface area contributed by atoms with Crippen molar-refractivity contribution in [1.29, 1.82) is 0 Å². The van der Waals surface area contributed by atoms with Gasteiger partial charge in [-0.1, -0.05) is 13.8 Å². The highest BCUT2D eigenvalue weighted by molar-refractivity contribution is 5.92. The summed E-state index contributed by atoms with van der Waals surface area (Å²) in [6.45, 7) is 7.60. The molecule has 1 atom stereocenters. The number of amides is 1. The smallest absolute Gasteiger partial charge is 0.271 e. The van der Waals surface area contributed by atoms with Gasteiger partial charge in [0.25, 0.3) is 5.91 Å². The molecule has 1 aromatic heterocycles. The summed E-state index contributed by atoms with van der Waals surface area (Å²) in [7, 11) is 1.61. The van der Waals surface area contributed by atoms with E-state index in [2.05, 4.69) is 10.4 Å². The summed E-state index contributed by atoms with van der Waals surface area (Å²) >= 11 is 0. The number of aliphatic hydroxyl groups is 1. The van der Waals surface area contributed by atoms with Crippen LogP contribution >= 0.6 is 0 Å². The summed E-state index contributed by atoms with van der Waals surface area (Å²) in [5.74, 6) is 0.500. The molecule has 1 amide bonds. The highest BCUT2D eigenvalue weighted by atomic mass is 16.5. The normalized spacial score (nSPS) is 13.6. The lowest BCUT2D eigenvalue weighted by Crippen LogP contribution is -2.44. The van der Waals surface area contributed by atoms with E-state index in [4.69, 9.17) is 4.74 Å². The van der Waals surface area contributed by atoms with Crippen LogP contribution in [0.5, 0.6) is 5.75 Å². The summed E-state index contributed by atoms with van der Waals surface area (Å²) in [5, 5.41) is 17.3. The first-order valence-corrected chi connectivity index (χ1v) is 7.96. The lowest BCUT2D eigenvalue weighted by atomic mass is 9.92. The van der Waals surface area contributed by atoms with Crippen LogP contribution in [0.4, 0.5) is 0 Å². The van der Waals surface area contributed by atoms with E-state index in [1.165, 1.54) is 0 Å². The molecular formula is C18H25N3O3. The van der Waals surface area contributed by atoms with Crippen LogP contribution in [-0.4, -0.2) is 40.0 Å². The molecule has 0 saturated heterocycles. The predicted molar refractivity (Wildman–Crippen MR) is 92.6 cm³/mol. The fourth-order valence-electron chi connectivity index (χ4n) is 2.12. The molecule has 0 bridgehead atoms. The van der Waals surface area contributed by atoms with Gasteiger partial charge in [0.1, 0.15) is 5.75 Å². The second-order valence-corrected chi connectivity index (χ2v) is 6.48. The molecule has 0 radical (unpaired) electrons. The number of hydrogen-bond donors (Lipinski definition) is 2. The van der Waals surface area contributed by atoms with Gasteiger partial charge in [0.15, 0.2) is 5.69 Å². The van der Waals surface area contributed by atoms with Gasteiger partial charge in [0.05, 0.1) is 18.4 Å². The Morgan fingerprint density at radius 2 is 2.00 bits per heavy atom. The average molecular weight is 331 g/mol. The van der Waals surface area contributed by atoms with Crippen molar-refractivity contribution in [3.63, 3.8) is 0 Å². The largest absolute Gasteiger partial charge is 0.497 e. The van der Waals surface area contributed by atoms with Crippen molar-refractivity contribution in [2.24, 2.45) is 5.92 Å². The topological polar surface area (TPSA) is 76.4 Å². The zero-order chi connectivity index (χ0) is 17.9. The third-order valence-electron chi connectivity index (χ3n) is 4.29. The Hall–Kier alpha value is -2.34. The van der Waals surface area contributed by atoms with Crippen LogP contribution in [0, 0.1) is 12.8 Å². The van der Waals surface area contributed by atoms with Crippen LogP contribution in [-0.2, 0) is 0 Å². The number of ether oxygens (including phenoxy) is 1. The summed E-state index contributed by atoms with van der Waals surface area (Å²) in [4.78, 5) is 12.3. The number of hydrogen-bond acceptors (Lipinski definition) is 4. The van der Waals surface area contributed by atoms with Crippen LogP contribution < -0.4 is 10.1 Å². The Balaban J connectivity index is 2.14. The molecule has 1 aromatic carbocycles. The van der Waals surface area contributed by atoms with E-state index in [0.29, 0.717) is 5.69 Å². The molecule has 6 nitrogen and oxygen atoms in total. The zero-order valence-electron chi connectivity index (χ0n) is 14.8. The van der Waals surface area contributed by atoms with Crippen molar-refractivity contribution in [3.8, 4) is 11.4 Å². The van der Waals surface area contributed by atoms with Gasteiger partial charge >= 0.3 is 0 Å². The lowest BCUT2D eigenvalue weighted by Gasteiger charge is -2.27. The number of carbonyl (C=O) groups excluding carboxylic acids is 1. The Morgan fingerprint density at radius 1 is 1.38 bits per heavy atom. The van der Waals surface area contributed by atoms with Crippen molar-refractivity contribution < 1.29 is 14.6 Å². The minimum Gasteiger partial charge on any atom is -0.497 e. The SMILES string of the molecule is COc1ccc(-n2nc(C(=O)NCC(C)(O)C(C)C)cc2C)cc1. The average Bonchev–Trinajstić information content (AvgIpc) is 2.94. The van der Waals surface area contributed by atoms with Crippen LogP contribution in [0.2, 0.25) is 0 Å². The Kier molecular flexibility index (Phi) is 5.29. The number of aromatic nitrogens is 2. The minimum atomic E-state index is -0.955. The number of nitrogens with zero attached hydrogens (tertiary/aromatic N) is 2. The molecule has 2 N–H and O–H groups in total. The second kappa shape index (κ2) is 7.05. The number of nitrogens with one attached hydrogen (secondary N) is 1. The fraction of sp³-hybridized carbons (Fsp3) is 0.444. The monoisotopic (exact) mass is 331 g/mol. The maximum Gasteiger partial charge on any atom is 0.271 e. The zero-order valence-corrected chi connectivity index (χ0v) is 14.8. The molecule has 1 unspecified atom stereocenters. The highest BCUT2D eigenvalue weighted by Gasteiger charge is 2.26.